The number of allylic oxidation sites excluding steroid dienone is 2. The second kappa shape index (κ2) is 13.3. The molecule has 2 heterocycles. The van der Waals surface area contributed by atoms with E-state index in [1.54, 1.807) is 0 Å². The Balaban J connectivity index is 0.000000804. The SMILES string of the molecule is C1=Cc2c(/C=C\Cc3cccc4cccc[nH]c5ccccc5c34)cn(-c3ccccc3)c2C1.CC.CC. The molecule has 0 spiro atoms. The minimum Gasteiger partial charge on any atom is -0.361 e. The van der Waals surface area contributed by atoms with Crippen molar-refractivity contribution in [1.82, 2.24) is 9.55 Å². The topological polar surface area (TPSA) is 20.7 Å². The summed E-state index contributed by atoms with van der Waals surface area (Å²) < 4.78 is 2.33. The average molecular weight is 499 g/mol. The minimum atomic E-state index is 0.869. The monoisotopic (exact) mass is 498 g/mol. The van der Waals surface area contributed by atoms with E-state index >= 15 is 0 Å². The Morgan fingerprint density at radius 3 is 2.37 bits per heavy atom. The predicted octanol–water partition coefficient (Wildman–Crippen LogP) is 10.1. The maximum Gasteiger partial charge on any atom is 0.0459 e. The van der Waals surface area contributed by atoms with Crippen LogP contribution >= 0.6 is 0 Å². The number of aromatic amines is 1. The molecule has 0 aliphatic heterocycles. The summed E-state index contributed by atoms with van der Waals surface area (Å²) in [6.45, 7) is 8.00. The van der Waals surface area contributed by atoms with E-state index in [2.05, 4.69) is 125 Å². The molecule has 0 bridgehead atoms. The van der Waals surface area contributed by atoms with Crippen LogP contribution in [-0.4, -0.2) is 9.55 Å². The number of H-pyrrole nitrogens is 1. The minimum absolute atomic E-state index is 0.869. The van der Waals surface area contributed by atoms with Gasteiger partial charge >= 0.3 is 0 Å². The molecule has 0 atom stereocenters. The van der Waals surface area contributed by atoms with E-state index in [1.165, 1.54) is 44.2 Å². The van der Waals surface area contributed by atoms with Crippen molar-refractivity contribution in [2.24, 2.45) is 0 Å². The summed E-state index contributed by atoms with van der Waals surface area (Å²) in [4.78, 5) is 3.44. The van der Waals surface area contributed by atoms with Crippen LogP contribution in [0.15, 0.2) is 116 Å². The van der Waals surface area contributed by atoms with Crippen molar-refractivity contribution in [3.8, 4) is 5.69 Å². The van der Waals surface area contributed by atoms with Crippen molar-refractivity contribution in [2.75, 3.05) is 0 Å². The first-order valence-electron chi connectivity index (χ1n) is 13.8. The van der Waals surface area contributed by atoms with E-state index in [0.29, 0.717) is 0 Å². The molecule has 3 aromatic carbocycles. The van der Waals surface area contributed by atoms with E-state index in [-0.39, 0.29) is 0 Å². The molecule has 0 fully saturated rings. The van der Waals surface area contributed by atoms with Crippen LogP contribution in [0.5, 0.6) is 0 Å². The van der Waals surface area contributed by atoms with Crippen molar-refractivity contribution in [1.29, 1.82) is 0 Å². The molecule has 6 rings (SSSR count). The number of aromatic nitrogens is 2. The third-order valence-electron chi connectivity index (χ3n) is 6.55. The molecule has 1 N–H and O–H groups in total. The number of fused-ring (bicyclic) bond motifs is 4. The zero-order valence-electron chi connectivity index (χ0n) is 23.0. The quantitative estimate of drug-likeness (QED) is 0.254. The Morgan fingerprint density at radius 1 is 0.789 bits per heavy atom. The van der Waals surface area contributed by atoms with Gasteiger partial charge in [0.1, 0.15) is 0 Å². The van der Waals surface area contributed by atoms with E-state index in [9.17, 15) is 0 Å². The Morgan fingerprint density at radius 2 is 1.53 bits per heavy atom. The highest BCUT2D eigenvalue weighted by molar-refractivity contribution is 6.06. The zero-order chi connectivity index (χ0) is 26.7. The Bertz CT molecular complexity index is 1590. The lowest BCUT2D eigenvalue weighted by Crippen LogP contribution is -1.96. The van der Waals surface area contributed by atoms with E-state index < -0.39 is 0 Å². The van der Waals surface area contributed by atoms with Crippen LogP contribution in [0.3, 0.4) is 0 Å². The summed E-state index contributed by atoms with van der Waals surface area (Å²) in [6.07, 6.45) is 15.2. The highest BCUT2D eigenvalue weighted by atomic mass is 15.0. The summed E-state index contributed by atoms with van der Waals surface area (Å²) in [5, 5.41) is 3.77. The van der Waals surface area contributed by atoms with Gasteiger partial charge in [-0.05, 0) is 52.6 Å². The molecule has 2 aromatic heterocycles. The fourth-order valence-corrected chi connectivity index (χ4v) is 4.97. The van der Waals surface area contributed by atoms with Gasteiger partial charge < -0.3 is 9.55 Å². The molecule has 0 saturated heterocycles. The summed E-state index contributed by atoms with van der Waals surface area (Å²) >= 11 is 0. The van der Waals surface area contributed by atoms with Crippen LogP contribution in [-0.2, 0) is 12.8 Å². The van der Waals surface area contributed by atoms with E-state index in [1.807, 2.05) is 40.0 Å². The summed E-state index contributed by atoms with van der Waals surface area (Å²) in [6, 6.07) is 32.1. The molecule has 5 aromatic rings. The number of benzene rings is 3. The molecular formula is C36H38N2. The van der Waals surface area contributed by atoms with Gasteiger partial charge in [0, 0.05) is 46.7 Å². The van der Waals surface area contributed by atoms with Crippen LogP contribution in [0.4, 0.5) is 0 Å². The lowest BCUT2D eigenvalue weighted by atomic mass is 9.99. The molecule has 1 aliphatic rings. The van der Waals surface area contributed by atoms with Crippen molar-refractivity contribution in [3.05, 3.63) is 138 Å². The fourth-order valence-electron chi connectivity index (χ4n) is 4.97. The van der Waals surface area contributed by atoms with Crippen LogP contribution in [0, 0.1) is 0 Å². The number of para-hydroxylation sites is 2. The number of rotatable bonds is 4. The highest BCUT2D eigenvalue weighted by Gasteiger charge is 2.16. The van der Waals surface area contributed by atoms with E-state index in [0.717, 1.165) is 18.4 Å². The predicted molar refractivity (Wildman–Crippen MR) is 167 cm³/mol. The maximum atomic E-state index is 3.44. The lowest BCUT2D eigenvalue weighted by molar-refractivity contribution is 0.981. The van der Waals surface area contributed by atoms with Gasteiger partial charge in [-0.25, -0.2) is 0 Å². The second-order valence-corrected chi connectivity index (χ2v) is 8.65. The summed E-state index contributed by atoms with van der Waals surface area (Å²) in [7, 11) is 0. The molecule has 38 heavy (non-hydrogen) atoms. The lowest BCUT2D eigenvalue weighted by Gasteiger charge is -2.06. The summed E-state index contributed by atoms with van der Waals surface area (Å²) in [5.74, 6) is 0. The molecule has 0 amide bonds. The second-order valence-electron chi connectivity index (χ2n) is 8.65. The van der Waals surface area contributed by atoms with Gasteiger partial charge in [0.2, 0.25) is 0 Å². The van der Waals surface area contributed by atoms with Gasteiger partial charge in [0.25, 0.3) is 0 Å². The number of nitrogens with one attached hydrogen (secondary N) is 1. The molecule has 192 valence electrons. The Hall–Kier alpha value is -4.30. The Kier molecular flexibility index (Phi) is 9.37. The van der Waals surface area contributed by atoms with Gasteiger partial charge in [-0.3, -0.25) is 0 Å². The molecular weight excluding hydrogens is 460 g/mol. The molecule has 0 radical (unpaired) electrons. The normalized spacial score (nSPS) is 11.5. The van der Waals surface area contributed by atoms with Crippen molar-refractivity contribution in [2.45, 2.75) is 40.5 Å². The van der Waals surface area contributed by atoms with Crippen molar-refractivity contribution < 1.29 is 0 Å². The van der Waals surface area contributed by atoms with Gasteiger partial charge in [-0.2, -0.15) is 0 Å². The number of hydrogen-bond donors (Lipinski definition) is 1. The molecule has 0 unspecified atom stereocenters. The fraction of sp³-hybridized carbons (Fsp3) is 0.167. The third kappa shape index (κ3) is 5.65. The molecule has 0 saturated carbocycles. The smallest absolute Gasteiger partial charge is 0.0459 e. The van der Waals surface area contributed by atoms with Crippen molar-refractivity contribution in [3.63, 3.8) is 0 Å². The number of hydrogen-bond acceptors (Lipinski definition) is 0. The van der Waals surface area contributed by atoms with Crippen LogP contribution < -0.4 is 0 Å². The average Bonchev–Trinajstić information content (AvgIpc) is 3.61. The zero-order valence-corrected chi connectivity index (χ0v) is 23.0. The Labute approximate surface area is 227 Å². The van der Waals surface area contributed by atoms with Gasteiger partial charge in [0.15, 0.2) is 0 Å². The third-order valence-corrected chi connectivity index (χ3v) is 6.55. The first-order valence-corrected chi connectivity index (χ1v) is 13.8. The summed E-state index contributed by atoms with van der Waals surface area (Å²) in [5.41, 5.74) is 7.64. The van der Waals surface area contributed by atoms with Gasteiger partial charge in [-0.15, -0.1) is 0 Å². The maximum absolute atomic E-state index is 3.44. The number of nitrogens with zero attached hydrogens (tertiary/aromatic N) is 1. The van der Waals surface area contributed by atoms with Gasteiger partial charge in [0.05, 0.1) is 0 Å². The first-order chi connectivity index (χ1) is 18.9. The van der Waals surface area contributed by atoms with E-state index in [4.69, 9.17) is 0 Å². The standard InChI is InChI=1S/C32H26N2.2C2H6/c1-2-16-27(17-3-1)34-23-26(28-19-10-21-31(28)34)15-9-14-25-13-8-12-24-11-6-7-22-33-30-20-5-4-18-29(30)32(24)25;2*1-2/h1-13,15-20,22-23,33H,14,21H2;2*1-2H3/b11-6?,15-9-,22-7?;;. The van der Waals surface area contributed by atoms with Crippen LogP contribution in [0.2, 0.25) is 0 Å². The molecule has 2 heteroatoms. The van der Waals surface area contributed by atoms with Crippen molar-refractivity contribution >= 4 is 33.8 Å². The molecule has 1 aliphatic carbocycles. The largest absolute Gasteiger partial charge is 0.361 e. The highest BCUT2D eigenvalue weighted by Crippen LogP contribution is 2.30. The van der Waals surface area contributed by atoms with Crippen LogP contribution in [0.25, 0.3) is 39.5 Å². The molecule has 2 nitrogen and oxygen atoms in total. The van der Waals surface area contributed by atoms with Crippen LogP contribution in [0.1, 0.15) is 50.1 Å². The van der Waals surface area contributed by atoms with Gasteiger partial charge in [-0.1, -0.05) is 119 Å². The first kappa shape index (κ1) is 26.8.